The molecular formula is C16H17FN2O4. The molecule has 1 aliphatic heterocycles. The van der Waals surface area contributed by atoms with E-state index in [0.717, 1.165) is 0 Å². The zero-order valence-electron chi connectivity index (χ0n) is 12.7. The first-order chi connectivity index (χ1) is 11.1. The maximum atomic E-state index is 13.1. The van der Waals surface area contributed by atoms with E-state index in [1.165, 1.54) is 31.2 Å². The molecule has 0 bridgehead atoms. The topological polar surface area (TPSA) is 75.8 Å². The van der Waals surface area contributed by atoms with E-state index in [1.807, 2.05) is 0 Å². The largest absolute Gasteiger partial charge is 0.388 e. The smallest absolute Gasteiger partial charge is 0.293 e. The second-order valence-electron chi connectivity index (χ2n) is 5.36. The highest BCUT2D eigenvalue weighted by Crippen LogP contribution is 2.31. The van der Waals surface area contributed by atoms with Crippen LogP contribution in [0.1, 0.15) is 29.1 Å². The van der Waals surface area contributed by atoms with Gasteiger partial charge in [-0.05, 0) is 31.2 Å². The monoisotopic (exact) mass is 320 g/mol. The summed E-state index contributed by atoms with van der Waals surface area (Å²) in [6, 6.07) is 5.64. The van der Waals surface area contributed by atoms with E-state index in [4.69, 9.17) is 9.26 Å². The van der Waals surface area contributed by atoms with Gasteiger partial charge in [0.05, 0.1) is 24.9 Å². The number of aliphatic hydroxyl groups is 1. The molecule has 3 rings (SSSR count). The summed E-state index contributed by atoms with van der Waals surface area (Å²) in [6.45, 7) is 3.40. The zero-order chi connectivity index (χ0) is 16.4. The van der Waals surface area contributed by atoms with Crippen LogP contribution < -0.4 is 0 Å². The number of rotatable bonds is 3. The fraction of sp³-hybridized carbons (Fsp3) is 0.375. The SMILES string of the molecule is C[C@H](O)c1c(-c2ccc(F)cc2)noc1C(=O)N1CCOCC1. The molecule has 0 spiro atoms. The number of hydrogen-bond donors (Lipinski definition) is 1. The Morgan fingerprint density at radius 1 is 1.30 bits per heavy atom. The Balaban J connectivity index is 1.98. The number of halogens is 1. The molecule has 1 aromatic heterocycles. The molecule has 1 aromatic carbocycles. The predicted octanol–water partition coefficient (Wildman–Crippen LogP) is 2.01. The minimum absolute atomic E-state index is 0.0150. The van der Waals surface area contributed by atoms with Gasteiger partial charge in [0.25, 0.3) is 5.91 Å². The highest BCUT2D eigenvalue weighted by molar-refractivity contribution is 5.94. The van der Waals surface area contributed by atoms with E-state index in [2.05, 4.69) is 5.16 Å². The highest BCUT2D eigenvalue weighted by atomic mass is 19.1. The van der Waals surface area contributed by atoms with Crippen molar-refractivity contribution in [2.24, 2.45) is 0 Å². The fourth-order valence-corrected chi connectivity index (χ4v) is 2.57. The van der Waals surface area contributed by atoms with Gasteiger partial charge in [-0.1, -0.05) is 5.16 Å². The van der Waals surface area contributed by atoms with Crippen LogP contribution >= 0.6 is 0 Å². The second-order valence-corrected chi connectivity index (χ2v) is 5.36. The maximum absolute atomic E-state index is 13.1. The Bertz CT molecular complexity index is 691. The molecular weight excluding hydrogens is 303 g/mol. The van der Waals surface area contributed by atoms with Gasteiger partial charge in [-0.2, -0.15) is 0 Å². The van der Waals surface area contributed by atoms with Crippen LogP contribution in [0.15, 0.2) is 28.8 Å². The van der Waals surface area contributed by atoms with Crippen LogP contribution in [0, 0.1) is 5.82 Å². The second kappa shape index (κ2) is 6.47. The average molecular weight is 320 g/mol. The molecule has 1 saturated heterocycles. The Morgan fingerprint density at radius 3 is 2.57 bits per heavy atom. The lowest BCUT2D eigenvalue weighted by Gasteiger charge is -2.26. The van der Waals surface area contributed by atoms with Gasteiger partial charge in [0.15, 0.2) is 0 Å². The Morgan fingerprint density at radius 2 is 1.96 bits per heavy atom. The minimum atomic E-state index is -0.943. The number of nitrogens with zero attached hydrogens (tertiary/aromatic N) is 2. The molecule has 0 aliphatic carbocycles. The van der Waals surface area contributed by atoms with Gasteiger partial charge in [-0.3, -0.25) is 4.79 Å². The van der Waals surface area contributed by atoms with Crippen molar-refractivity contribution in [2.45, 2.75) is 13.0 Å². The van der Waals surface area contributed by atoms with Crippen molar-refractivity contribution >= 4 is 5.91 Å². The summed E-state index contributed by atoms with van der Waals surface area (Å²) in [7, 11) is 0. The van der Waals surface area contributed by atoms with Crippen molar-refractivity contribution in [3.63, 3.8) is 0 Å². The molecule has 1 amide bonds. The predicted molar refractivity (Wildman–Crippen MR) is 79.3 cm³/mol. The van der Waals surface area contributed by atoms with Crippen molar-refractivity contribution in [1.82, 2.24) is 10.1 Å². The quantitative estimate of drug-likeness (QED) is 0.936. The molecule has 0 saturated carbocycles. The lowest BCUT2D eigenvalue weighted by atomic mass is 10.0. The average Bonchev–Trinajstić information content (AvgIpc) is 3.01. The van der Waals surface area contributed by atoms with Gasteiger partial charge in [0.1, 0.15) is 11.5 Å². The maximum Gasteiger partial charge on any atom is 0.293 e. The molecule has 0 unspecified atom stereocenters. The van der Waals surface area contributed by atoms with Crippen LogP contribution in [0.4, 0.5) is 4.39 Å². The molecule has 1 N–H and O–H groups in total. The van der Waals surface area contributed by atoms with Crippen molar-refractivity contribution in [3.05, 3.63) is 41.4 Å². The first-order valence-electron chi connectivity index (χ1n) is 7.38. The van der Waals surface area contributed by atoms with Gasteiger partial charge in [0.2, 0.25) is 5.76 Å². The highest BCUT2D eigenvalue weighted by Gasteiger charge is 2.30. The third-order valence-corrected chi connectivity index (χ3v) is 3.76. The summed E-state index contributed by atoms with van der Waals surface area (Å²) >= 11 is 0. The Labute approximate surface area is 132 Å². The number of benzene rings is 1. The summed E-state index contributed by atoms with van der Waals surface area (Å²) in [5, 5.41) is 14.0. The number of morpholine rings is 1. The van der Waals surface area contributed by atoms with Gasteiger partial charge < -0.3 is 19.3 Å². The molecule has 0 radical (unpaired) electrons. The Hall–Kier alpha value is -2.25. The molecule has 1 aliphatic rings. The molecule has 6 nitrogen and oxygen atoms in total. The number of aliphatic hydroxyl groups excluding tert-OH is 1. The van der Waals surface area contributed by atoms with Crippen LogP contribution in [0.3, 0.4) is 0 Å². The van der Waals surface area contributed by atoms with Crippen LogP contribution in [0.25, 0.3) is 11.3 Å². The van der Waals surface area contributed by atoms with E-state index < -0.39 is 6.10 Å². The molecule has 2 heterocycles. The normalized spacial score (nSPS) is 16.4. The van der Waals surface area contributed by atoms with E-state index >= 15 is 0 Å². The molecule has 23 heavy (non-hydrogen) atoms. The van der Waals surface area contributed by atoms with Gasteiger partial charge in [-0.15, -0.1) is 0 Å². The summed E-state index contributed by atoms with van der Waals surface area (Å²) in [6.07, 6.45) is -0.943. The van der Waals surface area contributed by atoms with E-state index in [9.17, 15) is 14.3 Å². The number of aromatic nitrogens is 1. The zero-order valence-corrected chi connectivity index (χ0v) is 12.7. The van der Waals surface area contributed by atoms with Crippen LogP contribution in [0.2, 0.25) is 0 Å². The van der Waals surface area contributed by atoms with Crippen molar-refractivity contribution in [1.29, 1.82) is 0 Å². The van der Waals surface area contributed by atoms with Crippen molar-refractivity contribution < 1.29 is 23.6 Å². The van der Waals surface area contributed by atoms with E-state index in [-0.39, 0.29) is 17.5 Å². The lowest BCUT2D eigenvalue weighted by Crippen LogP contribution is -2.40. The van der Waals surface area contributed by atoms with Gasteiger partial charge in [0, 0.05) is 18.7 Å². The number of ether oxygens (including phenoxy) is 1. The first kappa shape index (κ1) is 15.6. The number of amides is 1. The molecule has 7 heteroatoms. The molecule has 1 fully saturated rings. The van der Waals surface area contributed by atoms with Gasteiger partial charge >= 0.3 is 0 Å². The third-order valence-electron chi connectivity index (χ3n) is 3.76. The van der Waals surface area contributed by atoms with Gasteiger partial charge in [-0.25, -0.2) is 4.39 Å². The number of carbonyl (C=O) groups is 1. The summed E-state index contributed by atoms with van der Waals surface area (Å²) in [5.74, 6) is -0.688. The van der Waals surface area contributed by atoms with Crippen LogP contribution in [0.5, 0.6) is 0 Å². The van der Waals surface area contributed by atoms with Crippen molar-refractivity contribution in [3.8, 4) is 11.3 Å². The van der Waals surface area contributed by atoms with Crippen LogP contribution in [-0.2, 0) is 4.74 Å². The first-order valence-corrected chi connectivity index (χ1v) is 7.38. The minimum Gasteiger partial charge on any atom is -0.388 e. The standard InChI is InChI=1S/C16H17FN2O4/c1-10(20)13-14(11-2-4-12(17)5-3-11)18-23-15(13)16(21)19-6-8-22-9-7-19/h2-5,10,20H,6-9H2,1H3/t10-/m0/s1. The number of hydrogen-bond acceptors (Lipinski definition) is 5. The summed E-state index contributed by atoms with van der Waals surface area (Å²) < 4.78 is 23.5. The molecule has 1 atom stereocenters. The summed E-state index contributed by atoms with van der Waals surface area (Å²) in [5.41, 5.74) is 1.23. The molecule has 2 aromatic rings. The van der Waals surface area contributed by atoms with Crippen LogP contribution in [-0.4, -0.2) is 47.4 Å². The lowest BCUT2D eigenvalue weighted by molar-refractivity contribution is 0.0273. The van der Waals surface area contributed by atoms with E-state index in [0.29, 0.717) is 43.1 Å². The fourth-order valence-electron chi connectivity index (χ4n) is 2.57. The van der Waals surface area contributed by atoms with Crippen molar-refractivity contribution in [2.75, 3.05) is 26.3 Å². The molecule has 122 valence electrons. The summed E-state index contributed by atoms with van der Waals surface area (Å²) in [4.78, 5) is 14.2. The van der Waals surface area contributed by atoms with E-state index in [1.54, 1.807) is 4.90 Å². The third kappa shape index (κ3) is 3.11. The Kier molecular flexibility index (Phi) is 4.40. The number of carbonyl (C=O) groups excluding carboxylic acids is 1.